The van der Waals surface area contributed by atoms with E-state index in [1.165, 1.54) is 32.1 Å². The van der Waals surface area contributed by atoms with Crippen molar-refractivity contribution >= 4 is 19.4 Å². The summed E-state index contributed by atoms with van der Waals surface area (Å²) in [6.07, 6.45) is 7.46. The first-order chi connectivity index (χ1) is 19.0. The Kier molecular flexibility index (Phi) is 12.6. The molecule has 0 bridgehead atoms. The molecule has 0 radical (unpaired) electrons. The molecule has 7 nitrogen and oxygen atoms in total. The molecular weight excluding hydrogens is 513 g/mol. The van der Waals surface area contributed by atoms with Crippen LogP contribution in [0.25, 0.3) is 11.1 Å². The summed E-state index contributed by atoms with van der Waals surface area (Å²) in [6, 6.07) is 22.0. The molecule has 0 aromatic heterocycles. The van der Waals surface area contributed by atoms with Gasteiger partial charge in [0.05, 0.1) is 19.8 Å². The highest BCUT2D eigenvalue weighted by atomic mass is 31.2. The summed E-state index contributed by atoms with van der Waals surface area (Å²) in [6.45, 7) is 6.79. The molecular formula is C31H40NO6P. The van der Waals surface area contributed by atoms with Gasteiger partial charge in [-0.1, -0.05) is 63.3 Å². The highest BCUT2D eigenvalue weighted by molar-refractivity contribution is 7.48. The monoisotopic (exact) mass is 553 g/mol. The second kappa shape index (κ2) is 16.1. The molecule has 0 saturated heterocycles. The molecule has 0 saturated carbocycles. The van der Waals surface area contributed by atoms with Gasteiger partial charge in [0.2, 0.25) is 0 Å². The Bertz CT molecular complexity index is 1170. The molecule has 1 N–H and O–H groups in total. The van der Waals surface area contributed by atoms with Gasteiger partial charge in [0.25, 0.3) is 5.91 Å². The van der Waals surface area contributed by atoms with E-state index in [9.17, 15) is 9.36 Å². The van der Waals surface area contributed by atoms with Gasteiger partial charge < -0.3 is 14.6 Å². The third-order valence-electron chi connectivity index (χ3n) is 6.01. The molecule has 0 aliphatic heterocycles. The average molecular weight is 554 g/mol. The maximum absolute atomic E-state index is 12.7. The van der Waals surface area contributed by atoms with Crippen molar-refractivity contribution in [2.45, 2.75) is 59.3 Å². The molecule has 0 aliphatic carbocycles. The van der Waals surface area contributed by atoms with Gasteiger partial charge in [-0.05, 0) is 79.9 Å². The van der Waals surface area contributed by atoms with Crippen LogP contribution in [0.2, 0.25) is 0 Å². The van der Waals surface area contributed by atoms with E-state index in [-0.39, 0.29) is 19.1 Å². The van der Waals surface area contributed by atoms with Gasteiger partial charge in [0.15, 0.2) is 0 Å². The predicted octanol–water partition coefficient (Wildman–Crippen LogP) is 8.91. The van der Waals surface area contributed by atoms with Gasteiger partial charge in [-0.15, -0.1) is 0 Å². The van der Waals surface area contributed by atoms with Gasteiger partial charge >= 0.3 is 7.82 Å². The predicted molar refractivity (Wildman–Crippen MR) is 157 cm³/mol. The molecule has 3 aromatic rings. The van der Waals surface area contributed by atoms with Gasteiger partial charge in [-0.3, -0.25) is 13.8 Å². The van der Waals surface area contributed by atoms with Crippen LogP contribution in [-0.2, 0) is 13.6 Å². The van der Waals surface area contributed by atoms with Crippen LogP contribution in [0.5, 0.6) is 11.5 Å². The lowest BCUT2D eigenvalue weighted by Gasteiger charge is -2.17. The zero-order valence-electron chi connectivity index (χ0n) is 23.2. The highest BCUT2D eigenvalue weighted by Gasteiger charge is 2.27. The zero-order valence-corrected chi connectivity index (χ0v) is 24.1. The van der Waals surface area contributed by atoms with E-state index in [4.69, 9.17) is 18.3 Å². The minimum absolute atomic E-state index is 0.198. The number of ether oxygens (including phenoxy) is 1. The van der Waals surface area contributed by atoms with Crippen LogP contribution < -0.4 is 14.6 Å². The number of hydrogen-bond acceptors (Lipinski definition) is 6. The van der Waals surface area contributed by atoms with Crippen LogP contribution in [0.3, 0.4) is 0 Å². The summed E-state index contributed by atoms with van der Waals surface area (Å²) < 4.78 is 34.1. The van der Waals surface area contributed by atoms with Crippen LogP contribution in [0.15, 0.2) is 72.8 Å². The fourth-order valence-corrected chi connectivity index (χ4v) is 5.16. The smallest absolute Gasteiger partial charge is 0.494 e. The molecule has 210 valence electrons. The van der Waals surface area contributed by atoms with Crippen molar-refractivity contribution in [2.75, 3.05) is 25.1 Å². The first kappa shape index (κ1) is 30.4. The number of benzene rings is 3. The Morgan fingerprint density at radius 1 is 0.692 bits per heavy atom. The number of carbonyl (C=O) groups is 1. The molecule has 8 heteroatoms. The van der Waals surface area contributed by atoms with E-state index in [0.29, 0.717) is 17.0 Å². The van der Waals surface area contributed by atoms with Crippen molar-refractivity contribution < 1.29 is 27.7 Å². The second-order valence-electron chi connectivity index (χ2n) is 9.07. The van der Waals surface area contributed by atoms with Gasteiger partial charge in [0.1, 0.15) is 11.5 Å². The Hall–Kier alpha value is -3.12. The van der Waals surface area contributed by atoms with Crippen LogP contribution in [0.4, 0.5) is 5.69 Å². The van der Waals surface area contributed by atoms with Gasteiger partial charge in [-0.2, -0.15) is 0 Å². The third-order valence-corrected chi connectivity index (χ3v) is 7.59. The number of rotatable bonds is 17. The maximum atomic E-state index is 12.7. The Morgan fingerprint density at radius 3 is 1.82 bits per heavy atom. The van der Waals surface area contributed by atoms with Gasteiger partial charge in [-0.25, -0.2) is 4.57 Å². The molecule has 0 spiro atoms. The van der Waals surface area contributed by atoms with E-state index in [1.54, 1.807) is 50.2 Å². The lowest BCUT2D eigenvalue weighted by atomic mass is 10.0. The SMILES string of the molecule is CCCCCCCCOc1ccc(-c2ccc(C(=O)Nc3ccc(OP(=O)(OCC)OCC)cc3)cc2)cc1. The maximum Gasteiger partial charge on any atom is 0.530 e. The standard InChI is InChI=1S/C31H40NO6P/c1-4-7-8-9-10-11-24-35-29-20-16-26(17-21-29)25-12-14-27(15-13-25)31(33)32-28-18-22-30(23-19-28)38-39(34,36-5-2)37-6-3/h12-23H,4-11,24H2,1-3H3,(H,32,33). The topological polar surface area (TPSA) is 83.1 Å². The second-order valence-corrected chi connectivity index (χ2v) is 10.7. The first-order valence-corrected chi connectivity index (χ1v) is 15.3. The number of amides is 1. The first-order valence-electron chi connectivity index (χ1n) is 13.8. The molecule has 0 fully saturated rings. The zero-order chi connectivity index (χ0) is 27.9. The number of anilines is 1. The van der Waals surface area contributed by atoms with Crippen molar-refractivity contribution in [3.8, 4) is 22.6 Å². The number of unbranched alkanes of at least 4 members (excludes halogenated alkanes) is 5. The quantitative estimate of drug-likeness (QED) is 0.133. The molecule has 1 amide bonds. The summed E-state index contributed by atoms with van der Waals surface area (Å²) >= 11 is 0. The molecule has 0 aliphatic rings. The molecule has 3 rings (SSSR count). The van der Waals surface area contributed by atoms with Crippen molar-refractivity contribution in [1.29, 1.82) is 0 Å². The third kappa shape index (κ3) is 10.2. The van der Waals surface area contributed by atoms with E-state index >= 15 is 0 Å². The number of phosphoric ester groups is 1. The molecule has 3 aromatic carbocycles. The lowest BCUT2D eigenvalue weighted by molar-refractivity contribution is 0.102. The van der Waals surface area contributed by atoms with Crippen LogP contribution >= 0.6 is 7.82 Å². The number of nitrogens with one attached hydrogen (secondary N) is 1. The number of carbonyl (C=O) groups excluding carboxylic acids is 1. The Labute approximate surface area is 232 Å². The molecule has 0 atom stereocenters. The number of phosphoric acid groups is 1. The van der Waals surface area contributed by atoms with Crippen molar-refractivity contribution in [3.05, 3.63) is 78.4 Å². The minimum atomic E-state index is -3.67. The fraction of sp³-hybridized carbons (Fsp3) is 0.387. The summed E-state index contributed by atoms with van der Waals surface area (Å²) in [7, 11) is -3.67. The van der Waals surface area contributed by atoms with Crippen molar-refractivity contribution in [3.63, 3.8) is 0 Å². The normalized spacial score (nSPS) is 11.3. The van der Waals surface area contributed by atoms with Crippen molar-refractivity contribution in [1.82, 2.24) is 0 Å². The van der Waals surface area contributed by atoms with E-state index in [0.717, 1.165) is 29.9 Å². The van der Waals surface area contributed by atoms with Crippen LogP contribution in [0.1, 0.15) is 69.7 Å². The fourth-order valence-electron chi connectivity index (χ4n) is 3.97. The van der Waals surface area contributed by atoms with E-state index in [1.807, 2.05) is 36.4 Å². The largest absolute Gasteiger partial charge is 0.530 e. The number of hydrogen-bond donors (Lipinski definition) is 1. The summed E-state index contributed by atoms with van der Waals surface area (Å²) in [5.74, 6) is 0.961. The summed E-state index contributed by atoms with van der Waals surface area (Å²) in [5.41, 5.74) is 3.19. The molecule has 39 heavy (non-hydrogen) atoms. The Morgan fingerprint density at radius 2 is 1.23 bits per heavy atom. The molecule has 0 unspecified atom stereocenters. The highest BCUT2D eigenvalue weighted by Crippen LogP contribution is 2.49. The van der Waals surface area contributed by atoms with Crippen LogP contribution in [0, 0.1) is 0 Å². The van der Waals surface area contributed by atoms with E-state index in [2.05, 4.69) is 12.2 Å². The van der Waals surface area contributed by atoms with Crippen molar-refractivity contribution in [2.24, 2.45) is 0 Å². The Balaban J connectivity index is 1.50. The summed E-state index contributed by atoms with van der Waals surface area (Å²) in [4.78, 5) is 12.7. The lowest BCUT2D eigenvalue weighted by Crippen LogP contribution is -2.11. The van der Waals surface area contributed by atoms with Crippen LogP contribution in [-0.4, -0.2) is 25.7 Å². The minimum Gasteiger partial charge on any atom is -0.494 e. The molecule has 0 heterocycles. The van der Waals surface area contributed by atoms with E-state index < -0.39 is 7.82 Å². The summed E-state index contributed by atoms with van der Waals surface area (Å²) in [5, 5.41) is 2.86. The average Bonchev–Trinajstić information content (AvgIpc) is 2.94. The van der Waals surface area contributed by atoms with Gasteiger partial charge in [0, 0.05) is 11.3 Å².